The van der Waals surface area contributed by atoms with Gasteiger partial charge < -0.3 is 18.9 Å². The Morgan fingerprint density at radius 2 is 1.06 bits per heavy atom. The van der Waals surface area contributed by atoms with Gasteiger partial charge in [0.2, 0.25) is 0 Å². The third kappa shape index (κ3) is 3.97. The molecule has 31 heavy (non-hydrogen) atoms. The van der Waals surface area contributed by atoms with E-state index in [2.05, 4.69) is 72.8 Å². The zero-order chi connectivity index (χ0) is 20.6. The quantitative estimate of drug-likeness (QED) is 0.376. The smallest absolute Gasteiger partial charge is 0.123 e. The summed E-state index contributed by atoms with van der Waals surface area (Å²) >= 11 is 0. The molecule has 0 saturated carbocycles. The van der Waals surface area contributed by atoms with Gasteiger partial charge in [-0.15, -0.1) is 0 Å². The summed E-state index contributed by atoms with van der Waals surface area (Å²) in [6, 6.07) is 25.4. The highest BCUT2D eigenvalue weighted by Crippen LogP contribution is 2.36. The highest BCUT2D eigenvalue weighted by Gasteiger charge is 2.25. The second-order valence-corrected chi connectivity index (χ2v) is 8.24. The van der Waals surface area contributed by atoms with Gasteiger partial charge in [-0.25, -0.2) is 0 Å². The molecule has 0 bridgehead atoms. The Kier molecular flexibility index (Phi) is 4.74. The average molecular weight is 412 g/mol. The number of epoxide rings is 2. The SMILES string of the molecule is c1ccc2c(Cc3c(OC[C@@H]4CO4)ccc4ccccc34)c(OC[C@@H]3CO3)ccc2c1. The molecule has 2 saturated heterocycles. The van der Waals surface area contributed by atoms with Crippen molar-refractivity contribution in [1.82, 2.24) is 0 Å². The van der Waals surface area contributed by atoms with Crippen LogP contribution < -0.4 is 9.47 Å². The highest BCUT2D eigenvalue weighted by molar-refractivity contribution is 5.91. The van der Waals surface area contributed by atoms with Crippen LogP contribution in [0.1, 0.15) is 11.1 Å². The fourth-order valence-electron chi connectivity index (χ4n) is 4.14. The van der Waals surface area contributed by atoms with E-state index in [-0.39, 0.29) is 12.2 Å². The van der Waals surface area contributed by atoms with E-state index in [1.54, 1.807) is 0 Å². The molecule has 4 aromatic rings. The Hall–Kier alpha value is -3.08. The van der Waals surface area contributed by atoms with Crippen molar-refractivity contribution in [2.24, 2.45) is 0 Å². The first-order valence-corrected chi connectivity index (χ1v) is 10.9. The van der Waals surface area contributed by atoms with Gasteiger partial charge in [-0.1, -0.05) is 60.7 Å². The van der Waals surface area contributed by atoms with Crippen molar-refractivity contribution in [2.75, 3.05) is 26.4 Å². The number of rotatable bonds is 8. The van der Waals surface area contributed by atoms with Crippen LogP contribution in [-0.4, -0.2) is 38.6 Å². The molecule has 6 rings (SSSR count). The molecule has 2 aliphatic heterocycles. The summed E-state index contributed by atoms with van der Waals surface area (Å²) in [7, 11) is 0. The fourth-order valence-corrected chi connectivity index (χ4v) is 4.14. The van der Waals surface area contributed by atoms with Gasteiger partial charge in [-0.3, -0.25) is 0 Å². The molecule has 2 atom stereocenters. The van der Waals surface area contributed by atoms with E-state index in [1.165, 1.54) is 32.7 Å². The van der Waals surface area contributed by atoms with Crippen LogP contribution in [0.25, 0.3) is 21.5 Å². The Morgan fingerprint density at radius 3 is 1.52 bits per heavy atom. The van der Waals surface area contributed by atoms with Crippen LogP contribution in [0.4, 0.5) is 0 Å². The van der Waals surface area contributed by atoms with E-state index in [4.69, 9.17) is 18.9 Å². The third-order valence-electron chi connectivity index (χ3n) is 6.00. The molecular formula is C27H24O4. The van der Waals surface area contributed by atoms with Gasteiger partial charge in [0.05, 0.1) is 13.2 Å². The maximum absolute atomic E-state index is 6.22. The van der Waals surface area contributed by atoms with Crippen LogP contribution in [0.3, 0.4) is 0 Å². The maximum Gasteiger partial charge on any atom is 0.123 e. The van der Waals surface area contributed by atoms with Crippen LogP contribution in [-0.2, 0) is 15.9 Å². The molecule has 0 aliphatic carbocycles. The zero-order valence-corrected chi connectivity index (χ0v) is 17.3. The Morgan fingerprint density at radius 1 is 0.613 bits per heavy atom. The lowest BCUT2D eigenvalue weighted by Crippen LogP contribution is -2.08. The molecule has 0 amide bonds. The molecule has 0 aromatic heterocycles. The Bertz CT molecular complexity index is 1140. The number of benzene rings is 4. The number of hydrogen-bond donors (Lipinski definition) is 0. The molecule has 4 nitrogen and oxygen atoms in total. The monoisotopic (exact) mass is 412 g/mol. The maximum atomic E-state index is 6.22. The third-order valence-corrected chi connectivity index (χ3v) is 6.00. The van der Waals surface area contributed by atoms with E-state index in [0.29, 0.717) is 13.2 Å². The minimum absolute atomic E-state index is 0.217. The first-order chi connectivity index (χ1) is 15.3. The molecule has 0 spiro atoms. The lowest BCUT2D eigenvalue weighted by Gasteiger charge is -2.18. The van der Waals surface area contributed by atoms with E-state index >= 15 is 0 Å². The molecule has 0 N–H and O–H groups in total. The number of hydrogen-bond acceptors (Lipinski definition) is 4. The second-order valence-electron chi connectivity index (χ2n) is 8.24. The van der Waals surface area contributed by atoms with E-state index in [1.807, 2.05) is 0 Å². The summed E-state index contributed by atoms with van der Waals surface area (Å²) in [6.45, 7) is 2.74. The van der Waals surface area contributed by atoms with Crippen molar-refractivity contribution in [1.29, 1.82) is 0 Å². The van der Waals surface area contributed by atoms with Crippen molar-refractivity contribution in [2.45, 2.75) is 18.6 Å². The van der Waals surface area contributed by atoms with Gasteiger partial charge in [0, 0.05) is 17.5 Å². The molecular weight excluding hydrogens is 388 g/mol. The van der Waals surface area contributed by atoms with Crippen LogP contribution in [0, 0.1) is 0 Å². The summed E-state index contributed by atoms with van der Waals surface area (Å²) in [5.74, 6) is 1.83. The van der Waals surface area contributed by atoms with Gasteiger partial charge in [-0.2, -0.15) is 0 Å². The van der Waals surface area contributed by atoms with Crippen LogP contribution in [0.2, 0.25) is 0 Å². The highest BCUT2D eigenvalue weighted by atomic mass is 16.6. The van der Waals surface area contributed by atoms with Crippen molar-refractivity contribution in [3.63, 3.8) is 0 Å². The summed E-state index contributed by atoms with van der Waals surface area (Å²) in [6.07, 6.45) is 1.16. The van der Waals surface area contributed by atoms with Crippen molar-refractivity contribution in [3.05, 3.63) is 83.9 Å². The normalized spacial score (nSPS) is 19.5. The van der Waals surface area contributed by atoms with Gasteiger partial charge in [-0.05, 0) is 33.7 Å². The summed E-state index contributed by atoms with van der Waals surface area (Å²) in [4.78, 5) is 0. The minimum atomic E-state index is 0.217. The van der Waals surface area contributed by atoms with Crippen molar-refractivity contribution < 1.29 is 18.9 Å². The topological polar surface area (TPSA) is 43.5 Å². The summed E-state index contributed by atoms with van der Waals surface area (Å²) in [5.41, 5.74) is 2.37. The largest absolute Gasteiger partial charge is 0.490 e. The van der Waals surface area contributed by atoms with Gasteiger partial charge in [0.1, 0.15) is 36.9 Å². The van der Waals surface area contributed by atoms with Crippen molar-refractivity contribution >= 4 is 21.5 Å². The van der Waals surface area contributed by atoms with Gasteiger partial charge in [0.25, 0.3) is 0 Å². The van der Waals surface area contributed by atoms with Gasteiger partial charge in [0.15, 0.2) is 0 Å². The second kappa shape index (κ2) is 7.88. The van der Waals surface area contributed by atoms with Crippen LogP contribution in [0.5, 0.6) is 11.5 Å². The molecule has 2 fully saturated rings. The molecule has 4 aromatic carbocycles. The lowest BCUT2D eigenvalue weighted by molar-refractivity contribution is 0.259. The van der Waals surface area contributed by atoms with E-state index in [0.717, 1.165) is 31.1 Å². The molecule has 2 heterocycles. The van der Waals surface area contributed by atoms with Crippen molar-refractivity contribution in [3.8, 4) is 11.5 Å². The fraction of sp³-hybridized carbons (Fsp3) is 0.259. The zero-order valence-electron chi connectivity index (χ0n) is 17.3. The summed E-state index contributed by atoms with van der Waals surface area (Å²) in [5, 5.41) is 4.84. The molecule has 2 aliphatic rings. The number of ether oxygens (including phenoxy) is 4. The summed E-state index contributed by atoms with van der Waals surface area (Å²) < 4.78 is 23.1. The van der Waals surface area contributed by atoms with Gasteiger partial charge >= 0.3 is 0 Å². The minimum Gasteiger partial charge on any atom is -0.490 e. The first-order valence-electron chi connectivity index (χ1n) is 10.9. The predicted molar refractivity (Wildman–Crippen MR) is 121 cm³/mol. The average Bonchev–Trinajstić information content (AvgIpc) is 3.73. The lowest BCUT2D eigenvalue weighted by atomic mass is 9.93. The van der Waals surface area contributed by atoms with E-state index < -0.39 is 0 Å². The Labute approximate surface area is 181 Å². The van der Waals surface area contributed by atoms with Crippen LogP contribution in [0.15, 0.2) is 72.8 Å². The Balaban J connectivity index is 1.46. The molecule has 4 heteroatoms. The van der Waals surface area contributed by atoms with Crippen LogP contribution >= 0.6 is 0 Å². The van der Waals surface area contributed by atoms with E-state index in [9.17, 15) is 0 Å². The molecule has 0 radical (unpaired) electrons. The molecule has 0 unspecified atom stereocenters. The standard InChI is InChI=1S/C27H24O4/c1-3-7-22-18(5-1)9-11-26(30-16-20-14-28-20)24(22)13-25-23-8-4-2-6-19(23)10-12-27(25)31-17-21-15-29-21/h1-12,20-21H,13-17H2/t20-,21-/m0/s1. The number of fused-ring (bicyclic) bond motifs is 2. The molecule has 156 valence electrons. The predicted octanol–water partition coefficient (Wildman–Crippen LogP) is 5.14. The first kappa shape index (κ1) is 18.7.